The normalized spacial score (nSPS) is 15.9. The Kier molecular flexibility index (Phi) is 4.40. The van der Waals surface area contributed by atoms with Crippen molar-refractivity contribution in [2.24, 2.45) is 5.10 Å². The third-order valence-electron chi connectivity index (χ3n) is 3.94. The van der Waals surface area contributed by atoms with Crippen LogP contribution in [0.2, 0.25) is 0 Å². The van der Waals surface area contributed by atoms with E-state index in [4.69, 9.17) is 0 Å². The van der Waals surface area contributed by atoms with Crippen LogP contribution in [0.15, 0.2) is 62.9 Å². The fourth-order valence-corrected chi connectivity index (χ4v) is 3.68. The predicted octanol–water partition coefficient (Wildman–Crippen LogP) is 2.89. The zero-order chi connectivity index (χ0) is 19.1. The number of carbonyl (C=O) groups is 2. The third-order valence-corrected chi connectivity index (χ3v) is 5.27. The van der Waals surface area contributed by atoms with Crippen LogP contribution in [-0.4, -0.2) is 25.9 Å². The van der Waals surface area contributed by atoms with Crippen molar-refractivity contribution in [2.45, 2.75) is 6.92 Å². The maximum absolute atomic E-state index is 12.8. The zero-order valence-electron chi connectivity index (χ0n) is 13.9. The van der Waals surface area contributed by atoms with Crippen molar-refractivity contribution in [3.63, 3.8) is 0 Å². The molecule has 2 heterocycles. The molecule has 0 spiro atoms. The molecule has 1 amide bonds. The molecule has 0 unspecified atom stereocenters. The van der Waals surface area contributed by atoms with Crippen molar-refractivity contribution < 1.29 is 9.59 Å². The number of nitrogens with zero attached hydrogens (tertiary/aromatic N) is 4. The summed E-state index contributed by atoms with van der Waals surface area (Å²) in [5.41, 5.74) is 0.681. The Morgan fingerprint density at radius 2 is 1.74 bits per heavy atom. The second-order valence-electron chi connectivity index (χ2n) is 5.68. The lowest BCUT2D eigenvalue weighted by Gasteiger charge is -2.15. The Hall–Kier alpha value is -2.78. The summed E-state index contributed by atoms with van der Waals surface area (Å²) in [5.74, 6) is -0.352. The van der Waals surface area contributed by atoms with Crippen molar-refractivity contribution in [3.05, 3.63) is 69.2 Å². The van der Waals surface area contributed by atoms with Crippen molar-refractivity contribution in [3.8, 4) is 0 Å². The maximum atomic E-state index is 12.8. The van der Waals surface area contributed by atoms with E-state index >= 15 is 0 Å². The minimum Gasteiger partial charge on any atom is -0.275 e. The standard InChI is InChI=1S/C18H11BrN4O3S/c1-10-20-14-5-3-2-4-13(14)15(24)23(10)21-18-22(16(25)17(26)27-18)12-8-6-11(19)7-9-12/h2-9H,1H3/b21-18+. The van der Waals surface area contributed by atoms with E-state index in [2.05, 4.69) is 26.0 Å². The van der Waals surface area contributed by atoms with Gasteiger partial charge in [0.05, 0.1) is 16.6 Å². The molecule has 27 heavy (non-hydrogen) atoms. The van der Waals surface area contributed by atoms with Gasteiger partial charge in [-0.2, -0.15) is 4.68 Å². The number of amidine groups is 1. The monoisotopic (exact) mass is 442 g/mol. The van der Waals surface area contributed by atoms with Crippen LogP contribution >= 0.6 is 27.7 Å². The Bertz CT molecular complexity index is 1190. The number of carbonyl (C=O) groups excluding carboxylic acids is 2. The van der Waals surface area contributed by atoms with Crippen LogP contribution in [0.1, 0.15) is 5.82 Å². The average molecular weight is 443 g/mol. The number of rotatable bonds is 2. The smallest absolute Gasteiger partial charge is 0.275 e. The van der Waals surface area contributed by atoms with Crippen LogP contribution in [0.4, 0.5) is 5.69 Å². The first-order chi connectivity index (χ1) is 13.0. The van der Waals surface area contributed by atoms with Crippen LogP contribution in [-0.2, 0) is 9.59 Å². The highest BCUT2D eigenvalue weighted by Gasteiger charge is 2.38. The van der Waals surface area contributed by atoms with E-state index in [1.807, 2.05) is 0 Å². The topological polar surface area (TPSA) is 84.6 Å². The van der Waals surface area contributed by atoms with Gasteiger partial charge in [-0.15, -0.1) is 5.10 Å². The first-order valence-corrected chi connectivity index (χ1v) is 9.46. The summed E-state index contributed by atoms with van der Waals surface area (Å²) >= 11 is 4.02. The summed E-state index contributed by atoms with van der Waals surface area (Å²) in [5, 5.41) is 4.14. The van der Waals surface area contributed by atoms with Gasteiger partial charge in [0.2, 0.25) is 5.17 Å². The lowest BCUT2D eigenvalue weighted by atomic mass is 10.2. The van der Waals surface area contributed by atoms with Crippen molar-refractivity contribution in [2.75, 3.05) is 4.90 Å². The molecular weight excluding hydrogens is 432 g/mol. The molecule has 3 aromatic rings. The van der Waals surface area contributed by atoms with Gasteiger partial charge in [-0.1, -0.05) is 28.1 Å². The molecule has 0 saturated carbocycles. The molecule has 1 aliphatic rings. The minimum atomic E-state index is -0.708. The first kappa shape index (κ1) is 17.6. The molecule has 0 atom stereocenters. The summed E-state index contributed by atoms with van der Waals surface area (Å²) in [6, 6.07) is 13.8. The molecule has 2 aromatic carbocycles. The number of thioether (sulfide) groups is 1. The number of halogens is 1. The van der Waals surface area contributed by atoms with E-state index in [1.54, 1.807) is 55.5 Å². The Balaban J connectivity index is 1.88. The van der Waals surface area contributed by atoms with E-state index in [9.17, 15) is 14.4 Å². The highest BCUT2D eigenvalue weighted by Crippen LogP contribution is 2.29. The zero-order valence-corrected chi connectivity index (χ0v) is 16.3. The van der Waals surface area contributed by atoms with Crippen molar-refractivity contribution in [1.82, 2.24) is 9.66 Å². The quantitative estimate of drug-likeness (QED) is 0.569. The van der Waals surface area contributed by atoms with E-state index < -0.39 is 11.0 Å². The summed E-state index contributed by atoms with van der Waals surface area (Å²) in [6.07, 6.45) is 0. The molecule has 0 bridgehead atoms. The SMILES string of the molecule is Cc1nc2ccccc2c(=O)n1/N=C1/SC(=O)C(=O)N1c1ccc(Br)cc1. The van der Waals surface area contributed by atoms with E-state index in [0.717, 1.165) is 9.15 Å². The average Bonchev–Trinajstić information content (AvgIpc) is 2.93. The number of fused-ring (bicyclic) bond motifs is 1. The molecule has 1 saturated heterocycles. The Labute approximate surface area is 165 Å². The second kappa shape index (κ2) is 6.75. The molecule has 1 aromatic heterocycles. The van der Waals surface area contributed by atoms with E-state index in [0.29, 0.717) is 34.2 Å². The van der Waals surface area contributed by atoms with Crippen LogP contribution < -0.4 is 10.5 Å². The highest BCUT2D eigenvalue weighted by molar-refractivity contribution is 9.10. The molecule has 0 radical (unpaired) electrons. The number of aromatic nitrogens is 2. The number of anilines is 1. The molecule has 134 valence electrons. The second-order valence-corrected chi connectivity index (χ2v) is 7.54. The number of para-hydroxylation sites is 1. The van der Waals surface area contributed by atoms with Gasteiger partial charge in [0.15, 0.2) is 0 Å². The number of benzene rings is 2. The number of hydrogen-bond donors (Lipinski definition) is 0. The van der Waals surface area contributed by atoms with Gasteiger partial charge in [-0.3, -0.25) is 14.4 Å². The Morgan fingerprint density at radius 3 is 2.48 bits per heavy atom. The van der Waals surface area contributed by atoms with Gasteiger partial charge in [0.1, 0.15) is 5.82 Å². The van der Waals surface area contributed by atoms with Gasteiger partial charge >= 0.3 is 5.91 Å². The first-order valence-electron chi connectivity index (χ1n) is 7.85. The van der Waals surface area contributed by atoms with Gasteiger partial charge in [0.25, 0.3) is 10.7 Å². The Morgan fingerprint density at radius 1 is 1.04 bits per heavy atom. The largest absolute Gasteiger partial charge is 0.312 e. The minimum absolute atomic E-state index is 0.106. The maximum Gasteiger partial charge on any atom is 0.312 e. The van der Waals surface area contributed by atoms with Gasteiger partial charge in [-0.25, -0.2) is 9.88 Å². The van der Waals surface area contributed by atoms with Crippen molar-refractivity contribution in [1.29, 1.82) is 0 Å². The lowest BCUT2D eigenvalue weighted by molar-refractivity contribution is -0.130. The van der Waals surface area contributed by atoms with Crippen LogP contribution in [0.3, 0.4) is 0 Å². The fraction of sp³-hybridized carbons (Fsp3) is 0.0556. The predicted molar refractivity (Wildman–Crippen MR) is 108 cm³/mol. The van der Waals surface area contributed by atoms with E-state index in [1.165, 1.54) is 4.90 Å². The molecule has 7 nitrogen and oxygen atoms in total. The summed E-state index contributed by atoms with van der Waals surface area (Å²) in [7, 11) is 0. The van der Waals surface area contributed by atoms with Crippen LogP contribution in [0, 0.1) is 6.92 Å². The van der Waals surface area contributed by atoms with Crippen LogP contribution in [0.25, 0.3) is 10.9 Å². The molecule has 1 aliphatic heterocycles. The number of hydrogen-bond acceptors (Lipinski definition) is 6. The third kappa shape index (κ3) is 3.08. The fourth-order valence-electron chi connectivity index (χ4n) is 2.67. The van der Waals surface area contributed by atoms with Gasteiger partial charge in [-0.05, 0) is 55.1 Å². The summed E-state index contributed by atoms with van der Waals surface area (Å²) in [4.78, 5) is 42.7. The highest BCUT2D eigenvalue weighted by atomic mass is 79.9. The molecule has 0 N–H and O–H groups in total. The number of aryl methyl sites for hydroxylation is 1. The van der Waals surface area contributed by atoms with Crippen LogP contribution in [0.5, 0.6) is 0 Å². The molecular formula is C18H11BrN4O3S. The number of amides is 1. The van der Waals surface area contributed by atoms with Crippen molar-refractivity contribution >= 4 is 60.5 Å². The summed E-state index contributed by atoms with van der Waals surface area (Å²) < 4.78 is 1.95. The lowest BCUT2D eigenvalue weighted by Crippen LogP contribution is -2.32. The van der Waals surface area contributed by atoms with Gasteiger partial charge < -0.3 is 0 Å². The van der Waals surface area contributed by atoms with Gasteiger partial charge in [0, 0.05) is 4.47 Å². The molecule has 9 heteroatoms. The van der Waals surface area contributed by atoms with E-state index in [-0.39, 0.29) is 10.7 Å². The molecule has 4 rings (SSSR count). The summed E-state index contributed by atoms with van der Waals surface area (Å²) in [6.45, 7) is 1.64. The molecule has 0 aliphatic carbocycles. The molecule has 1 fully saturated rings.